The summed E-state index contributed by atoms with van der Waals surface area (Å²) in [6, 6.07) is 13.4. The minimum absolute atomic E-state index is 0. The van der Waals surface area contributed by atoms with E-state index in [9.17, 15) is 19.2 Å². The number of aryl methyl sites for hydroxylation is 3. The molecule has 1 aliphatic carbocycles. The van der Waals surface area contributed by atoms with Crippen molar-refractivity contribution in [3.63, 3.8) is 0 Å². The number of benzene rings is 2. The lowest BCUT2D eigenvalue weighted by atomic mass is 9.82. The molecular formula is C42H64N10O5. The van der Waals surface area contributed by atoms with E-state index in [2.05, 4.69) is 44.6 Å². The summed E-state index contributed by atoms with van der Waals surface area (Å²) in [6.45, 7) is 7.45. The lowest BCUT2D eigenvalue weighted by Gasteiger charge is -2.29. The van der Waals surface area contributed by atoms with Crippen molar-refractivity contribution in [1.29, 1.82) is 0 Å². The number of fused-ring (bicyclic) bond motifs is 2. The summed E-state index contributed by atoms with van der Waals surface area (Å²) in [5.41, 5.74) is 4.88. The number of rotatable bonds is 13. The van der Waals surface area contributed by atoms with Crippen LogP contribution in [0, 0.1) is 11.8 Å². The largest absolute Gasteiger partial charge is 0.478 e. The highest BCUT2D eigenvalue weighted by Gasteiger charge is 2.32. The monoisotopic (exact) mass is 789 g/mol. The zero-order chi connectivity index (χ0) is 40.6. The summed E-state index contributed by atoms with van der Waals surface area (Å²) in [7, 11) is 5.10. The summed E-state index contributed by atoms with van der Waals surface area (Å²) in [5.74, 6) is 1.17. The van der Waals surface area contributed by atoms with E-state index in [0.29, 0.717) is 36.4 Å². The highest BCUT2D eigenvalue weighted by molar-refractivity contribution is 6.03. The molecule has 15 heteroatoms. The third-order valence-electron chi connectivity index (χ3n) is 10.9. The van der Waals surface area contributed by atoms with Crippen molar-refractivity contribution in [2.45, 2.75) is 71.6 Å². The Morgan fingerprint density at radius 2 is 1.72 bits per heavy atom. The van der Waals surface area contributed by atoms with Crippen LogP contribution in [-0.2, 0) is 34.9 Å². The summed E-state index contributed by atoms with van der Waals surface area (Å²) in [6.07, 6.45) is 7.80. The van der Waals surface area contributed by atoms with Crippen LogP contribution < -0.4 is 36.9 Å². The van der Waals surface area contributed by atoms with Crippen LogP contribution in [0.5, 0.6) is 5.75 Å². The zero-order valence-corrected chi connectivity index (χ0v) is 33.7. The molecular weight excluding hydrogens is 725 g/mol. The van der Waals surface area contributed by atoms with E-state index in [0.717, 1.165) is 89.6 Å². The van der Waals surface area contributed by atoms with Gasteiger partial charge in [0.2, 0.25) is 17.8 Å². The van der Waals surface area contributed by atoms with Crippen molar-refractivity contribution in [1.82, 2.24) is 34.9 Å². The van der Waals surface area contributed by atoms with Crippen LogP contribution in [0.15, 0.2) is 53.5 Å². The highest BCUT2D eigenvalue weighted by atomic mass is 16.5. The summed E-state index contributed by atoms with van der Waals surface area (Å²) in [5, 5.41) is 22.0. The molecule has 0 spiro atoms. The van der Waals surface area contributed by atoms with E-state index < -0.39 is 5.92 Å². The molecule has 1 atom stereocenters. The molecule has 1 unspecified atom stereocenters. The van der Waals surface area contributed by atoms with Gasteiger partial charge in [0, 0.05) is 76.0 Å². The van der Waals surface area contributed by atoms with Gasteiger partial charge in [-0.3, -0.25) is 29.2 Å². The molecule has 2 fully saturated rings. The fourth-order valence-corrected chi connectivity index (χ4v) is 7.69. The maximum Gasteiger partial charge on any atom is 0.293 e. The quantitative estimate of drug-likeness (QED) is 0.0795. The van der Waals surface area contributed by atoms with Crippen LogP contribution in [0.25, 0.3) is 21.8 Å². The van der Waals surface area contributed by atoms with E-state index in [1.54, 1.807) is 13.1 Å². The van der Waals surface area contributed by atoms with Crippen LogP contribution in [0.4, 0.5) is 23.1 Å². The number of hydrogen-bond donors (Lipinski definition) is 5. The number of amides is 3. The maximum atomic E-state index is 12.8. The van der Waals surface area contributed by atoms with Crippen molar-refractivity contribution in [2.24, 2.45) is 25.9 Å². The number of carbonyl (C=O) groups excluding carboxylic acids is 3. The van der Waals surface area contributed by atoms with Crippen molar-refractivity contribution in [3.8, 4) is 5.75 Å². The number of piperidine rings is 1. The standard InChI is InChI=1S/C40H48N10O5.C2H6.5H2/c1-5-25-21-44-40(47-37(25)45-27-13-15-31-26(17-27)18-32(39(54)49(31)3)55-22-34(52)41-2)43-20-24-11-9-23(10-12-24)19-42-30-8-6-7-28-35(48-50(4)36(28)30)29-14-16-33(51)46-38(29)53;1-2;;;;;/h6-8,13,15,17-18,21,23-24,29,42H,5,9-12,14,16,19-20,22H2,1-4H3,(H,41,52)(H,46,51,53)(H2,43,44,45,47);1-2H3;5*1H. The van der Waals surface area contributed by atoms with Crippen molar-refractivity contribution in [3.05, 3.63) is 70.3 Å². The molecule has 3 amide bonds. The second kappa shape index (κ2) is 18.3. The minimum Gasteiger partial charge on any atom is -0.478 e. The van der Waals surface area contributed by atoms with Gasteiger partial charge in [-0.2, -0.15) is 10.1 Å². The van der Waals surface area contributed by atoms with Gasteiger partial charge in [0.25, 0.3) is 11.5 Å². The van der Waals surface area contributed by atoms with Crippen molar-refractivity contribution < 1.29 is 26.3 Å². The van der Waals surface area contributed by atoms with Gasteiger partial charge in [-0.25, -0.2) is 4.98 Å². The smallest absolute Gasteiger partial charge is 0.293 e. The van der Waals surface area contributed by atoms with Crippen LogP contribution in [0.2, 0.25) is 0 Å². The Morgan fingerprint density at radius 3 is 2.42 bits per heavy atom. The van der Waals surface area contributed by atoms with E-state index in [1.807, 2.05) is 62.1 Å². The first kappa shape index (κ1) is 40.7. The Morgan fingerprint density at radius 1 is 0.982 bits per heavy atom. The topological polar surface area (TPSA) is 186 Å². The lowest BCUT2D eigenvalue weighted by Crippen LogP contribution is -2.39. The zero-order valence-electron chi connectivity index (χ0n) is 33.7. The molecule has 0 radical (unpaired) electrons. The number of para-hydroxylation sites is 1. The van der Waals surface area contributed by atoms with Crippen LogP contribution in [0.3, 0.4) is 0 Å². The molecule has 2 aromatic carbocycles. The van der Waals surface area contributed by atoms with Gasteiger partial charge in [0.1, 0.15) is 5.82 Å². The molecule has 3 aromatic heterocycles. The number of anilines is 4. The predicted molar refractivity (Wildman–Crippen MR) is 234 cm³/mol. The molecule has 4 heterocycles. The number of pyridine rings is 1. The van der Waals surface area contributed by atoms with E-state index in [4.69, 9.17) is 14.8 Å². The second-order valence-electron chi connectivity index (χ2n) is 14.5. The van der Waals surface area contributed by atoms with Crippen LogP contribution >= 0.6 is 0 Å². The Balaban J connectivity index is 0.00000271. The predicted octanol–water partition coefficient (Wildman–Crippen LogP) is 6.75. The lowest BCUT2D eigenvalue weighted by molar-refractivity contribution is -0.134. The van der Waals surface area contributed by atoms with Gasteiger partial charge in [-0.1, -0.05) is 32.9 Å². The average Bonchev–Trinajstić information content (AvgIpc) is 3.57. The molecule has 1 saturated heterocycles. The van der Waals surface area contributed by atoms with Gasteiger partial charge in [-0.05, 0) is 80.7 Å². The van der Waals surface area contributed by atoms with Gasteiger partial charge < -0.3 is 30.6 Å². The van der Waals surface area contributed by atoms with Crippen molar-refractivity contribution in [2.75, 3.05) is 42.7 Å². The van der Waals surface area contributed by atoms with Crippen LogP contribution in [0.1, 0.15) is 83.6 Å². The van der Waals surface area contributed by atoms with Gasteiger partial charge >= 0.3 is 0 Å². The van der Waals surface area contributed by atoms with Gasteiger partial charge in [0.05, 0.1) is 28.3 Å². The molecule has 1 aliphatic heterocycles. The summed E-state index contributed by atoms with van der Waals surface area (Å²) >= 11 is 0. The molecule has 312 valence electrons. The number of nitrogens with zero attached hydrogens (tertiary/aromatic N) is 5. The first-order valence-electron chi connectivity index (χ1n) is 20.0. The normalized spacial score (nSPS) is 18.0. The number of nitrogens with one attached hydrogen (secondary N) is 5. The molecule has 5 aromatic rings. The third-order valence-corrected chi connectivity index (χ3v) is 10.9. The van der Waals surface area contributed by atoms with E-state index in [-0.39, 0.29) is 42.8 Å². The molecule has 2 aliphatic rings. The Kier molecular flexibility index (Phi) is 13.1. The molecule has 7 rings (SSSR count). The second-order valence-corrected chi connectivity index (χ2v) is 14.5. The number of imide groups is 1. The fraction of sp³-hybridized carbons (Fsp3) is 0.452. The number of ether oxygens (including phenoxy) is 1. The van der Waals surface area contributed by atoms with E-state index in [1.165, 1.54) is 11.6 Å². The molecule has 15 nitrogen and oxygen atoms in total. The highest BCUT2D eigenvalue weighted by Crippen LogP contribution is 2.35. The Labute approximate surface area is 339 Å². The summed E-state index contributed by atoms with van der Waals surface area (Å²) < 4.78 is 8.87. The summed E-state index contributed by atoms with van der Waals surface area (Å²) in [4.78, 5) is 58.3. The molecule has 5 N–H and O–H groups in total. The molecule has 57 heavy (non-hydrogen) atoms. The average molecular weight is 789 g/mol. The first-order valence-corrected chi connectivity index (χ1v) is 20.0. The number of carbonyl (C=O) groups is 3. The molecule has 1 saturated carbocycles. The van der Waals surface area contributed by atoms with E-state index >= 15 is 0 Å². The Bertz CT molecular complexity index is 2340. The van der Waals surface area contributed by atoms with Crippen LogP contribution in [-0.4, -0.2) is 68.8 Å². The SMILES string of the molecule is CC.CCc1cnc(NCC2CCC(CNc3cccc4c(C5CCC(=O)NC5=O)nn(C)c34)CC2)nc1Nc1ccc2c(c1)cc(OCC(=O)NC)c(=O)n2C.[HH].[HH].[HH].[HH].[HH]. The Hall–Kier alpha value is -5.99. The number of likely N-dealkylation sites (N-methyl/N-ethyl adjacent to an activating group) is 1. The molecule has 0 bridgehead atoms. The fourth-order valence-electron chi connectivity index (χ4n) is 7.69. The number of aromatic nitrogens is 5. The minimum atomic E-state index is -0.430. The van der Waals surface area contributed by atoms with Gasteiger partial charge in [-0.15, -0.1) is 0 Å². The van der Waals surface area contributed by atoms with Crippen molar-refractivity contribution >= 4 is 62.7 Å². The van der Waals surface area contributed by atoms with Gasteiger partial charge in [0.15, 0.2) is 12.4 Å². The maximum absolute atomic E-state index is 12.8. The first-order chi connectivity index (χ1) is 27.6. The number of hydrogen-bond acceptors (Lipinski definition) is 11. The third kappa shape index (κ3) is 9.19.